The van der Waals surface area contributed by atoms with Gasteiger partial charge < -0.3 is 5.32 Å². The van der Waals surface area contributed by atoms with Gasteiger partial charge in [0.15, 0.2) is 0 Å². The zero-order valence-electron chi connectivity index (χ0n) is 9.14. The molecule has 0 saturated carbocycles. The van der Waals surface area contributed by atoms with Crippen molar-refractivity contribution in [1.82, 2.24) is 5.32 Å². The second kappa shape index (κ2) is 5.17. The molecule has 0 aliphatic rings. The minimum Gasteiger partial charge on any atom is -0.381 e. The maximum absolute atomic E-state index is 3.74. The van der Waals surface area contributed by atoms with Crippen LogP contribution in [-0.2, 0) is 0 Å². The molecule has 2 aromatic rings. The predicted molar refractivity (Wildman–Crippen MR) is 68.1 cm³/mol. The molecule has 0 amide bonds. The summed E-state index contributed by atoms with van der Waals surface area (Å²) in [4.78, 5) is 0. The lowest BCUT2D eigenvalue weighted by atomic mass is 9.99. The van der Waals surface area contributed by atoms with Crippen LogP contribution in [0.25, 0.3) is 0 Å². The molecular formula is C15H15N. The SMILES string of the molecule is C=CNC(c1ccccc1)c1ccccc1. The van der Waals surface area contributed by atoms with E-state index in [1.807, 2.05) is 12.1 Å². The predicted octanol–water partition coefficient (Wildman–Crippen LogP) is 3.51. The van der Waals surface area contributed by atoms with Crippen molar-refractivity contribution in [3.8, 4) is 0 Å². The second-order valence-electron chi connectivity index (χ2n) is 3.63. The molecule has 0 spiro atoms. The van der Waals surface area contributed by atoms with Crippen LogP contribution in [0.5, 0.6) is 0 Å². The van der Waals surface area contributed by atoms with Crippen LogP contribution in [0.4, 0.5) is 0 Å². The van der Waals surface area contributed by atoms with Gasteiger partial charge >= 0.3 is 0 Å². The molecule has 0 aromatic heterocycles. The van der Waals surface area contributed by atoms with Crippen LogP contribution in [0.2, 0.25) is 0 Å². The highest BCUT2D eigenvalue weighted by molar-refractivity contribution is 5.31. The third kappa shape index (κ3) is 2.31. The van der Waals surface area contributed by atoms with E-state index in [9.17, 15) is 0 Å². The normalized spacial score (nSPS) is 10.1. The molecule has 0 fully saturated rings. The molecule has 0 heterocycles. The average Bonchev–Trinajstić information content (AvgIpc) is 2.38. The zero-order valence-corrected chi connectivity index (χ0v) is 9.14. The molecule has 0 aliphatic heterocycles. The Kier molecular flexibility index (Phi) is 3.39. The molecule has 1 heteroatoms. The minimum atomic E-state index is 0.180. The van der Waals surface area contributed by atoms with Gasteiger partial charge in [0.1, 0.15) is 0 Å². The number of hydrogen-bond acceptors (Lipinski definition) is 1. The van der Waals surface area contributed by atoms with Crippen molar-refractivity contribution < 1.29 is 0 Å². The van der Waals surface area contributed by atoms with Crippen LogP contribution in [-0.4, -0.2) is 0 Å². The Balaban J connectivity index is 2.35. The standard InChI is InChI=1S/C15H15N/c1-2-16-15(13-9-5-3-6-10-13)14-11-7-4-8-12-14/h2-12,15-16H,1H2. The van der Waals surface area contributed by atoms with Crippen molar-refractivity contribution in [1.29, 1.82) is 0 Å². The van der Waals surface area contributed by atoms with Gasteiger partial charge in [-0.05, 0) is 17.3 Å². The van der Waals surface area contributed by atoms with Gasteiger partial charge in [0.2, 0.25) is 0 Å². The van der Waals surface area contributed by atoms with Crippen molar-refractivity contribution in [2.75, 3.05) is 0 Å². The fraction of sp³-hybridized carbons (Fsp3) is 0.0667. The molecule has 0 bridgehead atoms. The van der Waals surface area contributed by atoms with Crippen LogP contribution >= 0.6 is 0 Å². The van der Waals surface area contributed by atoms with Crippen molar-refractivity contribution in [2.24, 2.45) is 0 Å². The van der Waals surface area contributed by atoms with Gasteiger partial charge in [0.05, 0.1) is 6.04 Å². The van der Waals surface area contributed by atoms with Gasteiger partial charge in [-0.2, -0.15) is 0 Å². The van der Waals surface area contributed by atoms with Crippen LogP contribution in [0.1, 0.15) is 17.2 Å². The Hall–Kier alpha value is -2.02. The highest BCUT2D eigenvalue weighted by atomic mass is 14.9. The van der Waals surface area contributed by atoms with E-state index < -0.39 is 0 Å². The van der Waals surface area contributed by atoms with E-state index in [2.05, 4.69) is 60.4 Å². The number of rotatable bonds is 4. The average molecular weight is 209 g/mol. The van der Waals surface area contributed by atoms with Crippen LogP contribution in [0.15, 0.2) is 73.4 Å². The molecular weight excluding hydrogens is 194 g/mol. The third-order valence-electron chi connectivity index (χ3n) is 2.55. The van der Waals surface area contributed by atoms with E-state index in [0.717, 1.165) is 0 Å². The maximum Gasteiger partial charge on any atom is 0.0762 e. The van der Waals surface area contributed by atoms with Gasteiger partial charge in [-0.25, -0.2) is 0 Å². The summed E-state index contributed by atoms with van der Waals surface area (Å²) in [6.07, 6.45) is 1.74. The summed E-state index contributed by atoms with van der Waals surface area (Å²) in [7, 11) is 0. The van der Waals surface area contributed by atoms with Crippen LogP contribution < -0.4 is 5.32 Å². The molecule has 1 N–H and O–H groups in total. The van der Waals surface area contributed by atoms with Crippen molar-refractivity contribution in [2.45, 2.75) is 6.04 Å². The maximum atomic E-state index is 3.74. The Morgan fingerprint density at radius 1 is 0.812 bits per heavy atom. The summed E-state index contributed by atoms with van der Waals surface area (Å²) >= 11 is 0. The number of hydrogen-bond donors (Lipinski definition) is 1. The quantitative estimate of drug-likeness (QED) is 0.812. The smallest absolute Gasteiger partial charge is 0.0762 e. The molecule has 0 radical (unpaired) electrons. The van der Waals surface area contributed by atoms with Gasteiger partial charge in [-0.3, -0.25) is 0 Å². The summed E-state index contributed by atoms with van der Waals surface area (Å²) in [6, 6.07) is 20.9. The van der Waals surface area contributed by atoms with Crippen LogP contribution in [0.3, 0.4) is 0 Å². The molecule has 1 nitrogen and oxygen atoms in total. The summed E-state index contributed by atoms with van der Waals surface area (Å²) in [5.74, 6) is 0. The molecule has 0 atom stereocenters. The molecule has 2 rings (SSSR count). The summed E-state index contributed by atoms with van der Waals surface area (Å²) in [5, 5.41) is 3.28. The van der Waals surface area contributed by atoms with E-state index in [4.69, 9.17) is 0 Å². The topological polar surface area (TPSA) is 12.0 Å². The Morgan fingerprint density at radius 2 is 1.25 bits per heavy atom. The van der Waals surface area contributed by atoms with Gasteiger partial charge in [-0.1, -0.05) is 67.2 Å². The lowest BCUT2D eigenvalue weighted by Crippen LogP contribution is -2.16. The first kappa shape index (κ1) is 10.5. The van der Waals surface area contributed by atoms with E-state index in [0.29, 0.717) is 0 Å². The van der Waals surface area contributed by atoms with Crippen molar-refractivity contribution in [3.63, 3.8) is 0 Å². The van der Waals surface area contributed by atoms with E-state index >= 15 is 0 Å². The van der Waals surface area contributed by atoms with Crippen molar-refractivity contribution >= 4 is 0 Å². The highest BCUT2D eigenvalue weighted by Gasteiger charge is 2.10. The molecule has 0 aliphatic carbocycles. The number of nitrogens with one attached hydrogen (secondary N) is 1. The summed E-state index contributed by atoms with van der Waals surface area (Å²) in [5.41, 5.74) is 2.49. The first-order valence-electron chi connectivity index (χ1n) is 5.38. The first-order chi connectivity index (χ1) is 7.92. The molecule has 0 unspecified atom stereocenters. The monoisotopic (exact) mass is 209 g/mol. The van der Waals surface area contributed by atoms with E-state index in [1.165, 1.54) is 11.1 Å². The van der Waals surface area contributed by atoms with E-state index in [1.54, 1.807) is 6.20 Å². The Labute approximate surface area is 96.4 Å². The molecule has 2 aromatic carbocycles. The van der Waals surface area contributed by atoms with E-state index in [-0.39, 0.29) is 6.04 Å². The fourth-order valence-electron chi connectivity index (χ4n) is 1.79. The Morgan fingerprint density at radius 3 is 1.62 bits per heavy atom. The molecule has 80 valence electrons. The lowest BCUT2D eigenvalue weighted by Gasteiger charge is -2.18. The fourth-order valence-corrected chi connectivity index (χ4v) is 1.79. The van der Waals surface area contributed by atoms with Gasteiger partial charge in [0, 0.05) is 0 Å². The Bertz CT molecular complexity index is 394. The van der Waals surface area contributed by atoms with Crippen LogP contribution in [0, 0.1) is 0 Å². The lowest BCUT2D eigenvalue weighted by molar-refractivity contribution is 0.730. The molecule has 16 heavy (non-hydrogen) atoms. The minimum absolute atomic E-state index is 0.180. The number of benzene rings is 2. The van der Waals surface area contributed by atoms with Gasteiger partial charge in [-0.15, -0.1) is 0 Å². The first-order valence-corrected chi connectivity index (χ1v) is 5.38. The third-order valence-corrected chi connectivity index (χ3v) is 2.55. The largest absolute Gasteiger partial charge is 0.381 e. The second-order valence-corrected chi connectivity index (χ2v) is 3.63. The summed E-state index contributed by atoms with van der Waals surface area (Å²) in [6.45, 7) is 3.74. The highest BCUT2D eigenvalue weighted by Crippen LogP contribution is 2.21. The van der Waals surface area contributed by atoms with Gasteiger partial charge in [0.25, 0.3) is 0 Å². The van der Waals surface area contributed by atoms with Crippen molar-refractivity contribution in [3.05, 3.63) is 84.6 Å². The summed E-state index contributed by atoms with van der Waals surface area (Å²) < 4.78 is 0. The molecule has 0 saturated heterocycles. The zero-order chi connectivity index (χ0) is 11.2.